The standard InChI is InChI=1S/C9H8F3NO2/c1-15-8(14)4-13-5-2-6(10)9(12)7(11)3-5/h2-3,13H,4H2,1H3. The molecule has 0 atom stereocenters. The van der Waals surface area contributed by atoms with E-state index in [2.05, 4.69) is 10.1 Å². The summed E-state index contributed by atoms with van der Waals surface area (Å²) in [4.78, 5) is 10.7. The van der Waals surface area contributed by atoms with E-state index in [-0.39, 0.29) is 12.2 Å². The number of carbonyl (C=O) groups excluding carboxylic acids is 1. The Labute approximate surface area is 83.8 Å². The molecule has 15 heavy (non-hydrogen) atoms. The van der Waals surface area contributed by atoms with Crippen LogP contribution in [0.3, 0.4) is 0 Å². The predicted molar refractivity (Wildman–Crippen MR) is 46.8 cm³/mol. The summed E-state index contributed by atoms with van der Waals surface area (Å²) in [5.41, 5.74) is -0.0307. The van der Waals surface area contributed by atoms with Crippen molar-refractivity contribution in [3.8, 4) is 0 Å². The van der Waals surface area contributed by atoms with Crippen molar-refractivity contribution in [2.75, 3.05) is 19.0 Å². The maximum atomic E-state index is 12.7. The summed E-state index contributed by atoms with van der Waals surface area (Å²) in [6.45, 7) is -0.249. The van der Waals surface area contributed by atoms with E-state index in [1.165, 1.54) is 7.11 Å². The molecule has 0 aliphatic heterocycles. The van der Waals surface area contributed by atoms with E-state index in [0.717, 1.165) is 12.1 Å². The molecule has 0 saturated carbocycles. The minimum absolute atomic E-state index is 0.0307. The van der Waals surface area contributed by atoms with Crippen LogP contribution >= 0.6 is 0 Å². The molecule has 0 amide bonds. The van der Waals surface area contributed by atoms with E-state index in [1.54, 1.807) is 0 Å². The molecule has 0 radical (unpaired) electrons. The Morgan fingerprint density at radius 1 is 1.33 bits per heavy atom. The number of methoxy groups -OCH3 is 1. The maximum Gasteiger partial charge on any atom is 0.325 e. The molecule has 1 rings (SSSR count). The van der Waals surface area contributed by atoms with Gasteiger partial charge in [0.15, 0.2) is 17.5 Å². The van der Waals surface area contributed by atoms with Crippen LogP contribution in [0.25, 0.3) is 0 Å². The Balaban J connectivity index is 2.75. The number of anilines is 1. The molecule has 0 aromatic heterocycles. The topological polar surface area (TPSA) is 38.3 Å². The Morgan fingerprint density at radius 3 is 2.33 bits per heavy atom. The fourth-order valence-corrected chi connectivity index (χ4v) is 0.904. The van der Waals surface area contributed by atoms with Crippen molar-refractivity contribution in [2.45, 2.75) is 0 Å². The summed E-state index contributed by atoms with van der Waals surface area (Å²) < 4.78 is 42.1. The fraction of sp³-hybridized carbons (Fsp3) is 0.222. The van der Waals surface area contributed by atoms with Gasteiger partial charge in [-0.1, -0.05) is 0 Å². The molecular formula is C9H8F3NO2. The minimum atomic E-state index is -1.54. The van der Waals surface area contributed by atoms with Crippen molar-refractivity contribution in [1.82, 2.24) is 0 Å². The normalized spacial score (nSPS) is 9.87. The van der Waals surface area contributed by atoms with Crippen LogP contribution in [0.4, 0.5) is 18.9 Å². The first kappa shape index (κ1) is 11.4. The Morgan fingerprint density at radius 2 is 1.87 bits per heavy atom. The van der Waals surface area contributed by atoms with Gasteiger partial charge in [0.1, 0.15) is 6.54 Å². The van der Waals surface area contributed by atoms with Crippen molar-refractivity contribution in [3.05, 3.63) is 29.6 Å². The third-order valence-electron chi connectivity index (χ3n) is 1.65. The van der Waals surface area contributed by atoms with Crippen molar-refractivity contribution in [1.29, 1.82) is 0 Å². The van der Waals surface area contributed by atoms with E-state index in [1.807, 2.05) is 0 Å². The molecule has 0 unspecified atom stereocenters. The smallest absolute Gasteiger partial charge is 0.325 e. The number of hydrogen-bond donors (Lipinski definition) is 1. The molecule has 3 nitrogen and oxygen atoms in total. The van der Waals surface area contributed by atoms with Gasteiger partial charge < -0.3 is 10.1 Å². The van der Waals surface area contributed by atoms with E-state index < -0.39 is 23.4 Å². The van der Waals surface area contributed by atoms with E-state index in [0.29, 0.717) is 0 Å². The van der Waals surface area contributed by atoms with Gasteiger partial charge in [-0.2, -0.15) is 0 Å². The van der Waals surface area contributed by atoms with Crippen LogP contribution in [0.15, 0.2) is 12.1 Å². The molecular weight excluding hydrogens is 211 g/mol. The lowest BCUT2D eigenvalue weighted by molar-refractivity contribution is -0.138. The number of rotatable bonds is 3. The van der Waals surface area contributed by atoms with Gasteiger partial charge in [-0.05, 0) is 0 Å². The van der Waals surface area contributed by atoms with Crippen LogP contribution in [-0.2, 0) is 9.53 Å². The Hall–Kier alpha value is -1.72. The number of halogens is 3. The zero-order valence-corrected chi connectivity index (χ0v) is 7.81. The lowest BCUT2D eigenvalue weighted by Gasteiger charge is -2.05. The van der Waals surface area contributed by atoms with Crippen molar-refractivity contribution in [3.63, 3.8) is 0 Å². The van der Waals surface area contributed by atoms with Crippen LogP contribution in [0.2, 0.25) is 0 Å². The summed E-state index contributed by atoms with van der Waals surface area (Å²) in [5.74, 6) is -4.77. The Kier molecular flexibility index (Phi) is 3.54. The predicted octanol–water partition coefficient (Wildman–Crippen LogP) is 1.69. The van der Waals surface area contributed by atoms with Gasteiger partial charge in [-0.25, -0.2) is 13.2 Å². The zero-order valence-electron chi connectivity index (χ0n) is 7.81. The maximum absolute atomic E-state index is 12.7. The second-order valence-corrected chi connectivity index (χ2v) is 2.68. The molecule has 1 N–H and O–H groups in total. The highest BCUT2D eigenvalue weighted by Crippen LogP contribution is 2.16. The van der Waals surface area contributed by atoms with Crippen molar-refractivity contribution in [2.24, 2.45) is 0 Å². The molecule has 0 fully saturated rings. The van der Waals surface area contributed by atoms with Gasteiger partial charge in [0.25, 0.3) is 0 Å². The molecule has 82 valence electrons. The lowest BCUT2D eigenvalue weighted by atomic mass is 10.3. The van der Waals surface area contributed by atoms with Crippen LogP contribution in [0, 0.1) is 17.5 Å². The van der Waals surface area contributed by atoms with Gasteiger partial charge >= 0.3 is 5.97 Å². The van der Waals surface area contributed by atoms with E-state index >= 15 is 0 Å². The average Bonchev–Trinajstić information content (AvgIpc) is 2.22. The third kappa shape index (κ3) is 2.87. The summed E-state index contributed by atoms with van der Waals surface area (Å²) in [6, 6.07) is 1.50. The van der Waals surface area contributed by atoms with E-state index in [9.17, 15) is 18.0 Å². The van der Waals surface area contributed by atoms with Crippen LogP contribution in [0.1, 0.15) is 0 Å². The highest BCUT2D eigenvalue weighted by molar-refractivity contribution is 5.74. The molecule has 0 aliphatic carbocycles. The van der Waals surface area contributed by atoms with Gasteiger partial charge in [-0.15, -0.1) is 0 Å². The molecule has 0 bridgehead atoms. The van der Waals surface area contributed by atoms with Crippen LogP contribution in [-0.4, -0.2) is 19.6 Å². The number of nitrogens with one attached hydrogen (secondary N) is 1. The first-order valence-corrected chi connectivity index (χ1v) is 4.00. The molecule has 6 heteroatoms. The van der Waals surface area contributed by atoms with Crippen molar-refractivity contribution >= 4 is 11.7 Å². The number of ether oxygens (including phenoxy) is 1. The number of hydrogen-bond acceptors (Lipinski definition) is 3. The van der Waals surface area contributed by atoms with Gasteiger partial charge in [-0.3, -0.25) is 4.79 Å². The first-order chi connectivity index (χ1) is 7.04. The fourth-order valence-electron chi connectivity index (χ4n) is 0.904. The Bertz CT molecular complexity index is 359. The number of esters is 1. The quantitative estimate of drug-likeness (QED) is 0.621. The summed E-state index contributed by atoms with van der Waals surface area (Å²) in [7, 11) is 1.18. The highest BCUT2D eigenvalue weighted by Gasteiger charge is 2.10. The second kappa shape index (κ2) is 4.68. The number of benzene rings is 1. The summed E-state index contributed by atoms with van der Waals surface area (Å²) in [5, 5.41) is 2.38. The summed E-state index contributed by atoms with van der Waals surface area (Å²) >= 11 is 0. The lowest BCUT2D eigenvalue weighted by Crippen LogP contribution is -2.15. The average molecular weight is 219 g/mol. The van der Waals surface area contributed by atoms with Gasteiger partial charge in [0.05, 0.1) is 7.11 Å². The summed E-state index contributed by atoms with van der Waals surface area (Å²) in [6.07, 6.45) is 0. The van der Waals surface area contributed by atoms with Crippen LogP contribution in [0.5, 0.6) is 0 Å². The molecule has 0 aliphatic rings. The van der Waals surface area contributed by atoms with Gasteiger partial charge in [0.2, 0.25) is 0 Å². The highest BCUT2D eigenvalue weighted by atomic mass is 19.2. The van der Waals surface area contributed by atoms with Crippen molar-refractivity contribution < 1.29 is 22.7 Å². The molecule has 1 aromatic carbocycles. The van der Waals surface area contributed by atoms with E-state index in [4.69, 9.17) is 0 Å². The van der Waals surface area contributed by atoms with Gasteiger partial charge in [0, 0.05) is 17.8 Å². The number of carbonyl (C=O) groups is 1. The molecule has 0 spiro atoms. The molecule has 0 saturated heterocycles. The largest absolute Gasteiger partial charge is 0.468 e. The second-order valence-electron chi connectivity index (χ2n) is 2.68. The molecule has 0 heterocycles. The minimum Gasteiger partial charge on any atom is -0.468 e. The third-order valence-corrected chi connectivity index (χ3v) is 1.65. The molecule has 1 aromatic rings. The SMILES string of the molecule is COC(=O)CNc1cc(F)c(F)c(F)c1. The van der Waals surface area contributed by atoms with Crippen LogP contribution < -0.4 is 5.32 Å². The first-order valence-electron chi connectivity index (χ1n) is 4.00. The monoisotopic (exact) mass is 219 g/mol. The zero-order chi connectivity index (χ0) is 11.4.